The number of allylic oxidation sites excluding steroid dienone is 1. The van der Waals surface area contributed by atoms with E-state index in [2.05, 4.69) is 39.8 Å². The van der Waals surface area contributed by atoms with E-state index in [9.17, 15) is 9.18 Å². The maximum atomic E-state index is 13.6. The van der Waals surface area contributed by atoms with Gasteiger partial charge in [0.1, 0.15) is 5.82 Å². The van der Waals surface area contributed by atoms with Gasteiger partial charge in [-0.25, -0.2) is 4.39 Å². The van der Waals surface area contributed by atoms with Crippen molar-refractivity contribution in [1.29, 1.82) is 0 Å². The van der Waals surface area contributed by atoms with Crippen molar-refractivity contribution < 1.29 is 13.9 Å². The summed E-state index contributed by atoms with van der Waals surface area (Å²) in [6.07, 6.45) is 5.58. The van der Waals surface area contributed by atoms with E-state index >= 15 is 0 Å². The van der Waals surface area contributed by atoms with Crippen LogP contribution in [0.4, 0.5) is 4.39 Å². The highest BCUT2D eigenvalue weighted by atomic mass is 19.1. The number of ketones is 1. The van der Waals surface area contributed by atoms with Gasteiger partial charge in [0.25, 0.3) is 0 Å². The molecule has 0 aromatic heterocycles. The van der Waals surface area contributed by atoms with Crippen LogP contribution in [-0.2, 0) is 9.53 Å². The number of benzene rings is 2. The molecular weight excluding hydrogens is 375 g/mol. The fraction of sp³-hybridized carbons (Fsp3) is 0.370. The zero-order valence-corrected chi connectivity index (χ0v) is 18.2. The second-order valence-corrected chi connectivity index (χ2v) is 10.2. The van der Waals surface area contributed by atoms with Crippen molar-refractivity contribution in [3.05, 3.63) is 88.9 Å². The van der Waals surface area contributed by atoms with Gasteiger partial charge in [0.2, 0.25) is 5.78 Å². The van der Waals surface area contributed by atoms with Crippen LogP contribution < -0.4 is 0 Å². The molecule has 1 aliphatic heterocycles. The minimum absolute atomic E-state index is 0.0318. The summed E-state index contributed by atoms with van der Waals surface area (Å²) in [5.74, 6) is -0.261. The van der Waals surface area contributed by atoms with Gasteiger partial charge in [-0.15, -0.1) is 0 Å². The van der Waals surface area contributed by atoms with Gasteiger partial charge in [-0.05, 0) is 58.9 Å². The molecule has 2 aromatic rings. The SMILES string of the molecule is CC1(C)CC(=C(c2ccc(F)cc2)c2ccc(C3OC=CC3=O)cc2)CC(C)(C)C1. The van der Waals surface area contributed by atoms with Gasteiger partial charge in [0.15, 0.2) is 6.10 Å². The van der Waals surface area contributed by atoms with Crippen LogP contribution in [0.15, 0.2) is 66.4 Å². The first-order chi connectivity index (χ1) is 14.1. The minimum Gasteiger partial charge on any atom is -0.485 e. The highest BCUT2D eigenvalue weighted by Gasteiger charge is 2.37. The van der Waals surface area contributed by atoms with E-state index in [1.807, 2.05) is 24.3 Å². The van der Waals surface area contributed by atoms with E-state index in [4.69, 9.17) is 4.74 Å². The summed E-state index contributed by atoms with van der Waals surface area (Å²) < 4.78 is 19.1. The molecule has 1 fully saturated rings. The van der Waals surface area contributed by atoms with Crippen LogP contribution in [0, 0.1) is 16.6 Å². The highest BCUT2D eigenvalue weighted by molar-refractivity contribution is 5.95. The maximum Gasteiger partial charge on any atom is 0.203 e. The Balaban J connectivity index is 1.80. The first-order valence-electron chi connectivity index (χ1n) is 10.6. The van der Waals surface area contributed by atoms with Crippen LogP contribution in [0.25, 0.3) is 5.57 Å². The number of hydrogen-bond acceptors (Lipinski definition) is 2. The van der Waals surface area contributed by atoms with Crippen molar-refractivity contribution in [2.75, 3.05) is 0 Å². The summed E-state index contributed by atoms with van der Waals surface area (Å²) in [6, 6.07) is 14.8. The van der Waals surface area contributed by atoms with Crippen LogP contribution >= 0.6 is 0 Å². The average Bonchev–Trinajstić information content (AvgIpc) is 3.08. The molecule has 0 amide bonds. The van der Waals surface area contributed by atoms with Crippen molar-refractivity contribution in [2.45, 2.75) is 53.1 Å². The van der Waals surface area contributed by atoms with Gasteiger partial charge in [0, 0.05) is 11.6 Å². The molecule has 30 heavy (non-hydrogen) atoms. The van der Waals surface area contributed by atoms with Gasteiger partial charge < -0.3 is 4.74 Å². The molecule has 1 aliphatic carbocycles. The Hall–Kier alpha value is -2.68. The van der Waals surface area contributed by atoms with Crippen LogP contribution in [0.2, 0.25) is 0 Å². The van der Waals surface area contributed by atoms with Gasteiger partial charge in [-0.3, -0.25) is 4.79 Å². The fourth-order valence-electron chi connectivity index (χ4n) is 5.41. The molecule has 2 nitrogen and oxygen atoms in total. The number of ether oxygens (including phenoxy) is 1. The second kappa shape index (κ2) is 7.54. The molecule has 0 saturated heterocycles. The van der Waals surface area contributed by atoms with E-state index in [0.29, 0.717) is 0 Å². The first-order valence-corrected chi connectivity index (χ1v) is 10.6. The first kappa shape index (κ1) is 20.6. The molecule has 1 heterocycles. The summed E-state index contributed by atoms with van der Waals surface area (Å²) >= 11 is 0. The topological polar surface area (TPSA) is 26.3 Å². The van der Waals surface area contributed by atoms with Gasteiger partial charge >= 0.3 is 0 Å². The minimum atomic E-state index is -0.548. The lowest BCUT2D eigenvalue weighted by atomic mass is 9.62. The van der Waals surface area contributed by atoms with Crippen LogP contribution in [-0.4, -0.2) is 5.78 Å². The fourth-order valence-corrected chi connectivity index (χ4v) is 5.41. The molecule has 3 heteroatoms. The lowest BCUT2D eigenvalue weighted by Crippen LogP contribution is -2.30. The zero-order chi connectivity index (χ0) is 21.5. The number of rotatable bonds is 3. The van der Waals surface area contributed by atoms with E-state index in [-0.39, 0.29) is 22.4 Å². The number of hydrogen-bond donors (Lipinski definition) is 0. The molecule has 0 bridgehead atoms. The lowest BCUT2D eigenvalue weighted by molar-refractivity contribution is -0.120. The molecule has 4 rings (SSSR count). The smallest absolute Gasteiger partial charge is 0.203 e. The van der Waals surface area contributed by atoms with Crippen molar-refractivity contribution >= 4 is 11.4 Å². The van der Waals surface area contributed by atoms with E-state index in [1.54, 1.807) is 0 Å². The molecule has 1 saturated carbocycles. The third kappa shape index (κ3) is 4.26. The average molecular weight is 405 g/mol. The van der Waals surface area contributed by atoms with E-state index in [0.717, 1.165) is 29.5 Å². The Morgan fingerprint density at radius 2 is 1.43 bits per heavy atom. The standard InChI is InChI=1S/C27H29FO2/c1-26(2)15-21(16-27(3,4)17-26)24(19-9-11-22(28)12-10-19)18-5-7-20(8-6-18)25-23(29)13-14-30-25/h5-14,25H,15-17H2,1-4H3. The second-order valence-electron chi connectivity index (χ2n) is 10.2. The molecule has 0 radical (unpaired) electrons. The van der Waals surface area contributed by atoms with E-state index < -0.39 is 6.10 Å². The third-order valence-corrected chi connectivity index (χ3v) is 6.03. The number of carbonyl (C=O) groups excluding carboxylic acids is 1. The number of halogens is 1. The summed E-state index contributed by atoms with van der Waals surface area (Å²) in [5.41, 5.74) is 5.97. The Morgan fingerprint density at radius 1 is 0.900 bits per heavy atom. The lowest BCUT2D eigenvalue weighted by Gasteiger charge is -2.43. The normalized spacial score (nSPS) is 22.1. The largest absolute Gasteiger partial charge is 0.485 e. The van der Waals surface area contributed by atoms with Gasteiger partial charge in [0.05, 0.1) is 6.26 Å². The predicted octanol–water partition coefficient (Wildman–Crippen LogP) is 7.02. The van der Waals surface area contributed by atoms with Crippen molar-refractivity contribution in [2.24, 2.45) is 10.8 Å². The Labute approximate surface area is 178 Å². The Morgan fingerprint density at radius 3 is 1.93 bits per heavy atom. The molecule has 0 spiro atoms. The predicted molar refractivity (Wildman–Crippen MR) is 118 cm³/mol. The van der Waals surface area contributed by atoms with Crippen LogP contribution in [0.5, 0.6) is 0 Å². The van der Waals surface area contributed by atoms with Crippen molar-refractivity contribution in [1.82, 2.24) is 0 Å². The molecule has 1 unspecified atom stereocenters. The Kier molecular flexibility index (Phi) is 5.17. The molecule has 2 aliphatic rings. The number of carbonyl (C=O) groups is 1. The van der Waals surface area contributed by atoms with E-state index in [1.165, 1.54) is 42.0 Å². The van der Waals surface area contributed by atoms with Crippen molar-refractivity contribution in [3.63, 3.8) is 0 Å². The highest BCUT2D eigenvalue weighted by Crippen LogP contribution is 2.50. The summed E-state index contributed by atoms with van der Waals surface area (Å²) in [4.78, 5) is 12.0. The molecule has 156 valence electrons. The zero-order valence-electron chi connectivity index (χ0n) is 18.2. The molecule has 1 atom stereocenters. The summed E-state index contributed by atoms with van der Waals surface area (Å²) in [6.45, 7) is 9.31. The quantitative estimate of drug-likeness (QED) is 0.549. The summed E-state index contributed by atoms with van der Waals surface area (Å²) in [7, 11) is 0. The Bertz CT molecular complexity index is 990. The molecular formula is C27H29FO2. The summed E-state index contributed by atoms with van der Waals surface area (Å²) in [5, 5.41) is 0. The molecule has 0 N–H and O–H groups in total. The van der Waals surface area contributed by atoms with Gasteiger partial charge in [-0.2, -0.15) is 0 Å². The van der Waals surface area contributed by atoms with Crippen LogP contribution in [0.3, 0.4) is 0 Å². The molecule has 2 aromatic carbocycles. The van der Waals surface area contributed by atoms with Crippen molar-refractivity contribution in [3.8, 4) is 0 Å². The monoisotopic (exact) mass is 404 g/mol. The third-order valence-electron chi connectivity index (χ3n) is 6.03. The van der Waals surface area contributed by atoms with Gasteiger partial charge in [-0.1, -0.05) is 69.7 Å². The van der Waals surface area contributed by atoms with Crippen LogP contribution in [0.1, 0.15) is 69.8 Å². The maximum absolute atomic E-state index is 13.6.